The molecule has 0 spiro atoms. The number of carbonyl (C=O) groups excluding carboxylic acids is 2. The predicted octanol–water partition coefficient (Wildman–Crippen LogP) is 5.41. The average molecular weight is 529 g/mol. The summed E-state index contributed by atoms with van der Waals surface area (Å²) in [6.45, 7) is 6.21. The molecule has 3 aromatic rings. The van der Waals surface area contributed by atoms with Gasteiger partial charge in [-0.3, -0.25) is 14.5 Å². The van der Waals surface area contributed by atoms with Crippen molar-refractivity contribution in [1.82, 2.24) is 0 Å². The van der Waals surface area contributed by atoms with Crippen LogP contribution in [0.4, 0.5) is 11.4 Å². The second-order valence-corrected chi connectivity index (χ2v) is 10.9. The van der Waals surface area contributed by atoms with Crippen molar-refractivity contribution >= 4 is 28.8 Å². The molecule has 1 unspecified atom stereocenters. The molecule has 1 saturated heterocycles. The molecule has 202 valence electrons. The number of rotatable bonds is 5. The number of aliphatic hydroxyl groups is 1. The fourth-order valence-corrected chi connectivity index (χ4v) is 5.00. The average Bonchev–Trinajstić information content (AvgIpc) is 3.49. The summed E-state index contributed by atoms with van der Waals surface area (Å²) in [5.41, 5.74) is 3.13. The highest BCUT2D eigenvalue weighted by molar-refractivity contribution is 6.51. The van der Waals surface area contributed by atoms with Gasteiger partial charge in [-0.15, -0.1) is 0 Å². The quantitative estimate of drug-likeness (QED) is 0.269. The number of methoxy groups -OCH3 is 1. The SMILES string of the molecule is COc1ccc(/C(O)=C2\C(=O)C(=O)N(c3ccc4c(c3)OCO4)C2c2ccc(N(C)C)cc2)cc1C(C)(C)C. The minimum Gasteiger partial charge on any atom is -0.507 e. The Morgan fingerprint density at radius 3 is 2.31 bits per heavy atom. The Kier molecular flexibility index (Phi) is 6.50. The summed E-state index contributed by atoms with van der Waals surface area (Å²) >= 11 is 0. The lowest BCUT2D eigenvalue weighted by Crippen LogP contribution is -2.29. The zero-order valence-electron chi connectivity index (χ0n) is 22.9. The molecule has 2 heterocycles. The number of Topliss-reactive ketones (excluding diaryl/α,β-unsaturated/α-hetero) is 1. The number of carbonyl (C=O) groups is 2. The third-order valence-corrected chi connectivity index (χ3v) is 7.08. The summed E-state index contributed by atoms with van der Waals surface area (Å²) in [6, 6.07) is 17.1. The van der Waals surface area contributed by atoms with Crippen LogP contribution in [0.15, 0.2) is 66.2 Å². The van der Waals surface area contributed by atoms with Gasteiger partial charge in [0.1, 0.15) is 11.5 Å². The molecule has 0 aromatic heterocycles. The highest BCUT2D eigenvalue weighted by atomic mass is 16.7. The van der Waals surface area contributed by atoms with Crippen molar-refractivity contribution in [2.75, 3.05) is 37.8 Å². The van der Waals surface area contributed by atoms with E-state index < -0.39 is 17.7 Å². The standard InChI is InChI=1S/C31H32N2O6/c1-31(2,3)22-15-19(9-13-23(22)37-6)28(34)26-27(18-7-10-20(11-8-18)32(4)5)33(30(36)29(26)35)21-12-14-24-25(16-21)39-17-38-24/h7-16,27,34H,17H2,1-6H3/b28-26+. The van der Waals surface area contributed by atoms with E-state index in [1.165, 1.54) is 4.90 Å². The van der Waals surface area contributed by atoms with Gasteiger partial charge in [0.25, 0.3) is 11.7 Å². The first-order valence-corrected chi connectivity index (χ1v) is 12.7. The third kappa shape index (κ3) is 4.56. The molecule has 2 aliphatic heterocycles. The lowest BCUT2D eigenvalue weighted by Gasteiger charge is -2.26. The first-order valence-electron chi connectivity index (χ1n) is 12.7. The van der Waals surface area contributed by atoms with E-state index in [9.17, 15) is 14.7 Å². The Balaban J connectivity index is 1.71. The molecule has 39 heavy (non-hydrogen) atoms. The predicted molar refractivity (Wildman–Crippen MR) is 150 cm³/mol. The van der Waals surface area contributed by atoms with Crippen molar-refractivity contribution < 1.29 is 28.9 Å². The summed E-state index contributed by atoms with van der Waals surface area (Å²) in [6.07, 6.45) is 0. The van der Waals surface area contributed by atoms with Crippen LogP contribution in [0, 0.1) is 0 Å². The van der Waals surface area contributed by atoms with E-state index in [0.29, 0.717) is 34.1 Å². The van der Waals surface area contributed by atoms with E-state index in [2.05, 4.69) is 0 Å². The molecule has 1 atom stereocenters. The summed E-state index contributed by atoms with van der Waals surface area (Å²) in [4.78, 5) is 30.5. The van der Waals surface area contributed by atoms with Crippen LogP contribution in [-0.2, 0) is 15.0 Å². The maximum Gasteiger partial charge on any atom is 0.300 e. The largest absolute Gasteiger partial charge is 0.507 e. The van der Waals surface area contributed by atoms with Gasteiger partial charge in [-0.2, -0.15) is 0 Å². The fraction of sp³-hybridized carbons (Fsp3) is 0.290. The fourth-order valence-electron chi connectivity index (χ4n) is 5.00. The number of benzene rings is 3. The van der Waals surface area contributed by atoms with Gasteiger partial charge in [0, 0.05) is 42.7 Å². The van der Waals surface area contributed by atoms with Gasteiger partial charge in [-0.05, 0) is 53.4 Å². The first-order chi connectivity index (χ1) is 18.5. The van der Waals surface area contributed by atoms with E-state index in [0.717, 1.165) is 11.3 Å². The van der Waals surface area contributed by atoms with Gasteiger partial charge in [0.2, 0.25) is 6.79 Å². The summed E-state index contributed by atoms with van der Waals surface area (Å²) in [7, 11) is 5.47. The smallest absolute Gasteiger partial charge is 0.300 e. The Labute approximate surface area is 228 Å². The summed E-state index contributed by atoms with van der Waals surface area (Å²) in [5, 5.41) is 11.6. The van der Waals surface area contributed by atoms with Crippen LogP contribution in [0.2, 0.25) is 0 Å². The van der Waals surface area contributed by atoms with E-state index >= 15 is 0 Å². The molecule has 8 nitrogen and oxygen atoms in total. The monoisotopic (exact) mass is 528 g/mol. The van der Waals surface area contributed by atoms with E-state index in [4.69, 9.17) is 14.2 Å². The molecule has 5 rings (SSSR count). The Hall–Kier alpha value is -4.46. The minimum absolute atomic E-state index is 0.0142. The molecule has 1 amide bonds. The molecular weight excluding hydrogens is 496 g/mol. The van der Waals surface area contributed by atoms with Gasteiger partial charge >= 0.3 is 0 Å². The lowest BCUT2D eigenvalue weighted by atomic mass is 9.84. The van der Waals surface area contributed by atoms with E-state index in [1.54, 1.807) is 37.4 Å². The summed E-state index contributed by atoms with van der Waals surface area (Å²) in [5.74, 6) is -0.0139. The topological polar surface area (TPSA) is 88.5 Å². The van der Waals surface area contributed by atoms with Gasteiger partial charge in [-0.1, -0.05) is 32.9 Å². The lowest BCUT2D eigenvalue weighted by molar-refractivity contribution is -0.132. The number of ether oxygens (including phenoxy) is 3. The highest BCUT2D eigenvalue weighted by Crippen LogP contribution is 2.45. The zero-order valence-corrected chi connectivity index (χ0v) is 22.9. The molecule has 0 bridgehead atoms. The van der Waals surface area contributed by atoms with Crippen LogP contribution < -0.4 is 24.0 Å². The van der Waals surface area contributed by atoms with Crippen molar-refractivity contribution in [1.29, 1.82) is 0 Å². The number of amides is 1. The van der Waals surface area contributed by atoms with Crippen molar-refractivity contribution in [2.24, 2.45) is 0 Å². The van der Waals surface area contributed by atoms with Crippen molar-refractivity contribution in [3.05, 3.63) is 82.9 Å². The molecule has 0 saturated carbocycles. The zero-order chi connectivity index (χ0) is 28.1. The molecule has 8 heteroatoms. The van der Waals surface area contributed by atoms with Gasteiger partial charge in [0.05, 0.1) is 18.7 Å². The number of hydrogen-bond donors (Lipinski definition) is 1. The van der Waals surface area contributed by atoms with Crippen LogP contribution in [-0.4, -0.2) is 44.8 Å². The minimum atomic E-state index is -0.859. The van der Waals surface area contributed by atoms with Crippen molar-refractivity contribution in [3.63, 3.8) is 0 Å². The van der Waals surface area contributed by atoms with Crippen LogP contribution in [0.3, 0.4) is 0 Å². The van der Waals surface area contributed by atoms with Crippen molar-refractivity contribution in [3.8, 4) is 17.2 Å². The second kappa shape index (κ2) is 9.69. The molecular formula is C31H32N2O6. The van der Waals surface area contributed by atoms with Gasteiger partial charge in [-0.25, -0.2) is 0 Å². The van der Waals surface area contributed by atoms with Gasteiger partial charge in [0.15, 0.2) is 11.5 Å². The number of fused-ring (bicyclic) bond motifs is 1. The van der Waals surface area contributed by atoms with Crippen LogP contribution >= 0.6 is 0 Å². The number of nitrogens with zero attached hydrogens (tertiary/aromatic N) is 2. The Morgan fingerprint density at radius 2 is 1.67 bits per heavy atom. The van der Waals surface area contributed by atoms with Crippen LogP contribution in [0.1, 0.15) is 43.5 Å². The molecule has 1 N–H and O–H groups in total. The van der Waals surface area contributed by atoms with Crippen LogP contribution in [0.25, 0.3) is 5.76 Å². The number of ketones is 1. The molecule has 1 fully saturated rings. The normalized spacial score (nSPS) is 18.0. The first kappa shape index (κ1) is 26.2. The Morgan fingerprint density at radius 1 is 0.974 bits per heavy atom. The molecule has 0 aliphatic carbocycles. The van der Waals surface area contributed by atoms with Crippen molar-refractivity contribution in [2.45, 2.75) is 32.2 Å². The maximum atomic E-state index is 13.6. The number of hydrogen-bond acceptors (Lipinski definition) is 7. The van der Waals surface area contributed by atoms with E-state index in [1.807, 2.05) is 70.1 Å². The third-order valence-electron chi connectivity index (χ3n) is 7.08. The Bertz CT molecular complexity index is 1480. The van der Waals surface area contributed by atoms with E-state index in [-0.39, 0.29) is 23.5 Å². The number of aliphatic hydroxyl groups excluding tert-OH is 1. The van der Waals surface area contributed by atoms with Crippen LogP contribution in [0.5, 0.6) is 17.2 Å². The molecule has 3 aromatic carbocycles. The summed E-state index contributed by atoms with van der Waals surface area (Å²) < 4.78 is 16.5. The maximum absolute atomic E-state index is 13.6. The second-order valence-electron chi connectivity index (χ2n) is 10.9. The van der Waals surface area contributed by atoms with Gasteiger partial charge < -0.3 is 24.2 Å². The molecule has 2 aliphatic rings. The molecule has 0 radical (unpaired) electrons. The highest BCUT2D eigenvalue weighted by Gasteiger charge is 2.47. The number of anilines is 2.